The van der Waals surface area contributed by atoms with E-state index in [2.05, 4.69) is 5.32 Å². The van der Waals surface area contributed by atoms with E-state index in [-0.39, 0.29) is 11.7 Å². The zero-order chi connectivity index (χ0) is 12.8. The van der Waals surface area contributed by atoms with Crippen molar-refractivity contribution in [3.63, 3.8) is 0 Å². The third-order valence-corrected chi connectivity index (χ3v) is 3.83. The number of nitrogens with one attached hydrogen (secondary N) is 1. The summed E-state index contributed by atoms with van der Waals surface area (Å²) in [5.41, 5.74) is -0.0406. The van der Waals surface area contributed by atoms with Crippen molar-refractivity contribution in [1.82, 2.24) is 5.32 Å². The van der Waals surface area contributed by atoms with E-state index < -0.39 is 0 Å². The first-order valence-electron chi connectivity index (χ1n) is 6.86. The first kappa shape index (κ1) is 14.2. The number of ether oxygens (including phenoxy) is 3. The molecule has 106 valence electrons. The molecule has 2 aliphatic heterocycles. The molecule has 2 fully saturated rings. The quantitative estimate of drug-likeness (QED) is 0.719. The van der Waals surface area contributed by atoms with Gasteiger partial charge in [0.1, 0.15) is 0 Å². The number of rotatable bonds is 6. The number of aliphatic hydroxyl groups is 1. The van der Waals surface area contributed by atoms with Gasteiger partial charge in [0, 0.05) is 32.8 Å². The van der Waals surface area contributed by atoms with Crippen molar-refractivity contribution in [1.29, 1.82) is 0 Å². The monoisotopic (exact) mass is 259 g/mol. The zero-order valence-electron chi connectivity index (χ0n) is 11.2. The molecule has 2 rings (SSSR count). The highest BCUT2D eigenvalue weighted by Gasteiger charge is 2.40. The van der Waals surface area contributed by atoms with Crippen molar-refractivity contribution in [2.75, 3.05) is 40.1 Å². The van der Waals surface area contributed by atoms with Crippen LogP contribution in [0.15, 0.2) is 0 Å². The first-order valence-corrected chi connectivity index (χ1v) is 6.86. The molecule has 1 spiro atoms. The summed E-state index contributed by atoms with van der Waals surface area (Å²) < 4.78 is 16.2. The third kappa shape index (κ3) is 3.90. The zero-order valence-corrected chi connectivity index (χ0v) is 11.2. The molecule has 18 heavy (non-hydrogen) atoms. The second-order valence-electron chi connectivity index (χ2n) is 5.38. The minimum atomic E-state index is -0.369. The van der Waals surface area contributed by atoms with Gasteiger partial charge in [-0.15, -0.1) is 0 Å². The van der Waals surface area contributed by atoms with Gasteiger partial charge in [0.05, 0.1) is 24.9 Å². The van der Waals surface area contributed by atoms with Crippen LogP contribution in [0.1, 0.15) is 25.7 Å². The fraction of sp³-hybridized carbons (Fsp3) is 1.00. The van der Waals surface area contributed by atoms with Gasteiger partial charge in [-0.3, -0.25) is 0 Å². The maximum Gasteiger partial charge on any atom is 0.0951 e. The van der Waals surface area contributed by atoms with E-state index in [9.17, 15) is 5.11 Å². The van der Waals surface area contributed by atoms with Gasteiger partial charge in [0.15, 0.2) is 0 Å². The molecule has 3 unspecified atom stereocenters. The predicted molar refractivity (Wildman–Crippen MR) is 67.6 cm³/mol. The van der Waals surface area contributed by atoms with E-state index in [1.807, 2.05) is 0 Å². The van der Waals surface area contributed by atoms with Crippen LogP contribution in [0.5, 0.6) is 0 Å². The normalized spacial score (nSPS) is 34.0. The lowest BCUT2D eigenvalue weighted by Crippen LogP contribution is -2.48. The fourth-order valence-electron chi connectivity index (χ4n) is 2.80. The second-order valence-corrected chi connectivity index (χ2v) is 5.38. The Labute approximate surface area is 109 Å². The standard InChI is InChI=1S/C13H25NO4/c1-16-9-12(15)2-5-14-11-3-6-18-13(8-11)4-7-17-10-13/h11-12,14-15H,2-10H2,1H3. The minimum absolute atomic E-state index is 0.0406. The molecule has 0 saturated carbocycles. The van der Waals surface area contributed by atoms with Crippen molar-refractivity contribution in [3.05, 3.63) is 0 Å². The van der Waals surface area contributed by atoms with Gasteiger partial charge in [-0.1, -0.05) is 0 Å². The molecule has 0 radical (unpaired) electrons. The smallest absolute Gasteiger partial charge is 0.0951 e. The van der Waals surface area contributed by atoms with Crippen molar-refractivity contribution in [2.24, 2.45) is 0 Å². The van der Waals surface area contributed by atoms with Gasteiger partial charge < -0.3 is 24.6 Å². The molecular weight excluding hydrogens is 234 g/mol. The first-order chi connectivity index (χ1) is 8.74. The van der Waals surface area contributed by atoms with Crippen LogP contribution in [0.2, 0.25) is 0 Å². The van der Waals surface area contributed by atoms with Gasteiger partial charge in [-0.2, -0.15) is 0 Å². The van der Waals surface area contributed by atoms with Crippen LogP contribution in [-0.4, -0.2) is 62.9 Å². The van der Waals surface area contributed by atoms with E-state index in [1.54, 1.807) is 7.11 Å². The highest BCUT2D eigenvalue weighted by Crippen LogP contribution is 2.32. The number of hydrogen-bond acceptors (Lipinski definition) is 5. The molecule has 2 aliphatic rings. The summed E-state index contributed by atoms with van der Waals surface area (Å²) in [4.78, 5) is 0. The van der Waals surface area contributed by atoms with Gasteiger partial charge in [0.2, 0.25) is 0 Å². The Kier molecular flexibility index (Phi) is 5.38. The Hall–Kier alpha value is -0.200. The lowest BCUT2D eigenvalue weighted by Gasteiger charge is -2.37. The Balaban J connectivity index is 1.66. The Morgan fingerprint density at radius 3 is 3.11 bits per heavy atom. The summed E-state index contributed by atoms with van der Waals surface area (Å²) >= 11 is 0. The van der Waals surface area contributed by atoms with Crippen LogP contribution in [-0.2, 0) is 14.2 Å². The van der Waals surface area contributed by atoms with Crippen molar-refractivity contribution in [2.45, 2.75) is 43.4 Å². The summed E-state index contributed by atoms with van der Waals surface area (Å²) in [6.45, 7) is 3.60. The highest BCUT2D eigenvalue weighted by atomic mass is 16.6. The van der Waals surface area contributed by atoms with E-state index in [1.165, 1.54) is 0 Å². The van der Waals surface area contributed by atoms with Gasteiger partial charge in [-0.05, 0) is 25.8 Å². The summed E-state index contributed by atoms with van der Waals surface area (Å²) in [5, 5.41) is 13.1. The number of aliphatic hydroxyl groups excluding tert-OH is 1. The van der Waals surface area contributed by atoms with Crippen molar-refractivity contribution >= 4 is 0 Å². The molecule has 2 N–H and O–H groups in total. The summed E-state index contributed by atoms with van der Waals surface area (Å²) in [7, 11) is 1.61. The number of hydrogen-bond donors (Lipinski definition) is 2. The molecule has 2 saturated heterocycles. The summed E-state index contributed by atoms with van der Waals surface area (Å²) in [6.07, 6.45) is 3.44. The van der Waals surface area contributed by atoms with Crippen LogP contribution in [0.3, 0.4) is 0 Å². The second kappa shape index (κ2) is 6.82. The van der Waals surface area contributed by atoms with E-state index in [0.717, 1.165) is 52.0 Å². The Bertz CT molecular complexity index is 243. The van der Waals surface area contributed by atoms with Gasteiger partial charge >= 0.3 is 0 Å². The van der Waals surface area contributed by atoms with Crippen molar-refractivity contribution in [3.8, 4) is 0 Å². The van der Waals surface area contributed by atoms with Crippen LogP contribution in [0, 0.1) is 0 Å². The van der Waals surface area contributed by atoms with Crippen LogP contribution in [0.25, 0.3) is 0 Å². The predicted octanol–water partition coefficient (Wildman–Crippen LogP) is 0.312. The molecule has 2 heterocycles. The van der Waals surface area contributed by atoms with Crippen LogP contribution >= 0.6 is 0 Å². The molecule has 0 aliphatic carbocycles. The van der Waals surface area contributed by atoms with E-state index >= 15 is 0 Å². The minimum Gasteiger partial charge on any atom is -0.391 e. The SMILES string of the molecule is COCC(O)CCNC1CCOC2(CCOC2)C1. The van der Waals surface area contributed by atoms with Crippen LogP contribution < -0.4 is 5.32 Å². The third-order valence-electron chi connectivity index (χ3n) is 3.83. The molecule has 0 aromatic carbocycles. The molecule has 0 aromatic heterocycles. The maximum atomic E-state index is 9.57. The van der Waals surface area contributed by atoms with Crippen LogP contribution in [0.4, 0.5) is 0 Å². The molecule has 5 nitrogen and oxygen atoms in total. The average molecular weight is 259 g/mol. The Morgan fingerprint density at radius 1 is 1.50 bits per heavy atom. The average Bonchev–Trinajstić information content (AvgIpc) is 2.78. The lowest BCUT2D eigenvalue weighted by atomic mass is 9.89. The Morgan fingerprint density at radius 2 is 2.39 bits per heavy atom. The molecule has 0 bridgehead atoms. The largest absolute Gasteiger partial charge is 0.391 e. The number of methoxy groups -OCH3 is 1. The molecular formula is C13H25NO4. The molecule has 3 atom stereocenters. The maximum absolute atomic E-state index is 9.57. The summed E-state index contributed by atoms with van der Waals surface area (Å²) in [6, 6.07) is 0.482. The molecule has 0 aromatic rings. The lowest BCUT2D eigenvalue weighted by molar-refractivity contribution is -0.0894. The van der Waals surface area contributed by atoms with E-state index in [4.69, 9.17) is 14.2 Å². The van der Waals surface area contributed by atoms with E-state index in [0.29, 0.717) is 12.6 Å². The van der Waals surface area contributed by atoms with Gasteiger partial charge in [0.25, 0.3) is 0 Å². The summed E-state index contributed by atoms with van der Waals surface area (Å²) in [5.74, 6) is 0. The highest BCUT2D eigenvalue weighted by molar-refractivity contribution is 4.92. The fourth-order valence-corrected chi connectivity index (χ4v) is 2.80. The van der Waals surface area contributed by atoms with Gasteiger partial charge in [-0.25, -0.2) is 0 Å². The topological polar surface area (TPSA) is 60.0 Å². The van der Waals surface area contributed by atoms with Crippen molar-refractivity contribution < 1.29 is 19.3 Å². The molecule has 5 heteroatoms. The molecule has 0 amide bonds.